The third-order valence-corrected chi connectivity index (χ3v) is 15.2. The number of carbonyl (C=O) groups excluding carboxylic acids is 4. The second-order valence-corrected chi connectivity index (χ2v) is 20.7. The van der Waals surface area contributed by atoms with Crippen LogP contribution in [0.4, 0.5) is 4.79 Å². The Kier molecular flexibility index (Phi) is 13.5. The number of benzene rings is 1. The second kappa shape index (κ2) is 18.8. The fourth-order valence-electron chi connectivity index (χ4n) is 10.4. The predicted octanol–water partition coefficient (Wildman–Crippen LogP) is 6.45. The number of piperidine rings is 1. The van der Waals surface area contributed by atoms with Crippen LogP contribution in [0.25, 0.3) is 33.4 Å². The summed E-state index contributed by atoms with van der Waals surface area (Å²) in [6.45, 7) is 15.9. The van der Waals surface area contributed by atoms with Crippen molar-refractivity contribution in [1.82, 2.24) is 45.0 Å². The molecule has 2 N–H and O–H groups in total. The Morgan fingerprint density at radius 1 is 1.09 bits per heavy atom. The number of ether oxygens (including phenoxy) is 2. The Morgan fingerprint density at radius 2 is 1.85 bits per heavy atom. The number of methoxy groups -OCH3 is 1. The first-order valence-corrected chi connectivity index (χ1v) is 24.3. The summed E-state index contributed by atoms with van der Waals surface area (Å²) in [5, 5.41) is 8.29. The summed E-state index contributed by atoms with van der Waals surface area (Å²) in [5.41, 5.74) is 9.27. The molecule has 1 spiro atoms. The number of urea groups is 1. The molecule has 3 fully saturated rings. The smallest absolute Gasteiger partial charge is 0.324 e. The van der Waals surface area contributed by atoms with E-state index in [9.17, 15) is 19.2 Å². The van der Waals surface area contributed by atoms with Crippen LogP contribution in [0, 0.1) is 11.3 Å². The molecule has 4 aliphatic rings. The number of cyclic esters (lactones) is 1. The number of hydrogen-bond donors (Lipinski definition) is 2. The van der Waals surface area contributed by atoms with Crippen LogP contribution in [-0.4, -0.2) is 136 Å². The van der Waals surface area contributed by atoms with E-state index in [-0.39, 0.29) is 42.5 Å². The summed E-state index contributed by atoms with van der Waals surface area (Å²) in [6, 6.07) is 7.71. The molecule has 0 radical (unpaired) electrons. The number of fused-ring (bicyclic) bond motifs is 6. The number of pyridine rings is 1. The maximum absolute atomic E-state index is 14.7. The normalized spacial score (nSPS) is 22.3. The third-order valence-electron chi connectivity index (χ3n) is 14.3. The van der Waals surface area contributed by atoms with Crippen molar-refractivity contribution < 1.29 is 28.7 Å². The van der Waals surface area contributed by atoms with Gasteiger partial charge >= 0.3 is 12.0 Å². The molecule has 1 aromatic carbocycles. The van der Waals surface area contributed by atoms with E-state index in [1.807, 2.05) is 37.1 Å². The third kappa shape index (κ3) is 9.15. The van der Waals surface area contributed by atoms with E-state index in [0.717, 1.165) is 77.0 Å². The van der Waals surface area contributed by atoms with Crippen LogP contribution in [-0.2, 0) is 43.2 Å². The number of aromatic nitrogens is 3. The van der Waals surface area contributed by atoms with Crippen molar-refractivity contribution in [2.45, 2.75) is 123 Å². The van der Waals surface area contributed by atoms with Crippen LogP contribution >= 0.6 is 11.3 Å². The Labute approximate surface area is 387 Å². The molecule has 4 atom stereocenters. The molecule has 16 heteroatoms. The monoisotopic (exact) mass is 909 g/mol. The molecular weight excluding hydrogens is 843 g/mol. The average molecular weight is 910 g/mol. The fourth-order valence-corrected chi connectivity index (χ4v) is 11.3. The van der Waals surface area contributed by atoms with Crippen molar-refractivity contribution in [3.63, 3.8) is 0 Å². The minimum absolute atomic E-state index is 0.118. The first kappa shape index (κ1) is 46.6. The number of thiazole rings is 1. The summed E-state index contributed by atoms with van der Waals surface area (Å²) in [5.74, 6) is -1.47. The molecule has 65 heavy (non-hydrogen) atoms. The molecule has 7 heterocycles. The van der Waals surface area contributed by atoms with E-state index in [4.69, 9.17) is 19.4 Å². The standard InChI is InChI=1S/C49H67N9O6S/c1-10-56-39-16-15-32-25-34(39)35(43(56)33-13-11-20-50-41(33)31(4)63-9)27-48(5,6)29-64-46(61)36-14-12-21-58(53-36)45(60)37(26-40-51-38(32)28-65-40)52-44(59)42(30(2)3)55(8)47(62)57-24-19-49(57)17-22-54(7)23-18-49/h11,13,15-16,20,25,28,30-31,36-37,42,53H,10,12,14,17-19,21-24,26-27,29H2,1-9H3,(H,52,59)/t31-,36-,37-,42-/m0/s1. The van der Waals surface area contributed by atoms with E-state index in [2.05, 4.69) is 72.3 Å². The zero-order chi connectivity index (χ0) is 46.4. The van der Waals surface area contributed by atoms with Gasteiger partial charge in [0.1, 0.15) is 18.1 Å². The quantitative estimate of drug-likeness (QED) is 0.189. The number of rotatable bonds is 8. The van der Waals surface area contributed by atoms with Crippen molar-refractivity contribution in [3.05, 3.63) is 58.2 Å². The summed E-state index contributed by atoms with van der Waals surface area (Å²) in [6.07, 6.45) is 6.10. The molecule has 0 aliphatic carbocycles. The highest BCUT2D eigenvalue weighted by Gasteiger charge is 2.50. The van der Waals surface area contributed by atoms with E-state index in [1.165, 1.54) is 16.3 Å². The van der Waals surface area contributed by atoms with Crippen molar-refractivity contribution in [3.8, 4) is 22.5 Å². The number of esters is 1. The van der Waals surface area contributed by atoms with Crippen LogP contribution in [0.2, 0.25) is 0 Å². The van der Waals surface area contributed by atoms with Crippen LogP contribution in [0.5, 0.6) is 0 Å². The highest BCUT2D eigenvalue weighted by molar-refractivity contribution is 7.10. The minimum atomic E-state index is -1.03. The molecule has 3 aromatic heterocycles. The lowest BCUT2D eigenvalue weighted by Crippen LogP contribution is -2.69. The van der Waals surface area contributed by atoms with Crippen LogP contribution in [0.1, 0.15) is 96.0 Å². The predicted molar refractivity (Wildman–Crippen MR) is 252 cm³/mol. The molecule has 350 valence electrons. The maximum atomic E-state index is 14.7. The van der Waals surface area contributed by atoms with Crippen molar-refractivity contribution >= 4 is 46.1 Å². The van der Waals surface area contributed by atoms with Gasteiger partial charge in [-0.15, -0.1) is 11.3 Å². The Hall–Kier alpha value is -4.90. The Bertz CT molecular complexity index is 2420. The zero-order valence-electron chi connectivity index (χ0n) is 39.6. The molecule has 6 bridgehead atoms. The molecule has 0 unspecified atom stereocenters. The summed E-state index contributed by atoms with van der Waals surface area (Å²) in [4.78, 5) is 73.1. The van der Waals surface area contributed by atoms with E-state index in [1.54, 1.807) is 25.3 Å². The molecule has 3 saturated heterocycles. The topological polar surface area (TPSA) is 154 Å². The summed E-state index contributed by atoms with van der Waals surface area (Å²) >= 11 is 1.44. The molecule has 4 amide bonds. The summed E-state index contributed by atoms with van der Waals surface area (Å²) < 4.78 is 14.3. The lowest BCUT2D eigenvalue weighted by molar-refractivity contribution is -0.155. The van der Waals surface area contributed by atoms with Gasteiger partial charge in [-0.25, -0.2) is 15.2 Å². The molecule has 15 nitrogen and oxygen atoms in total. The Balaban J connectivity index is 1.16. The number of nitrogens with zero attached hydrogens (tertiary/aromatic N) is 7. The van der Waals surface area contributed by atoms with Gasteiger partial charge in [-0.3, -0.25) is 24.4 Å². The van der Waals surface area contributed by atoms with Gasteiger partial charge < -0.3 is 34.1 Å². The number of hydrogen-bond acceptors (Lipinski definition) is 11. The lowest BCUT2D eigenvalue weighted by Gasteiger charge is -2.57. The number of nitrogens with one attached hydrogen (secondary N) is 2. The van der Waals surface area contributed by atoms with Gasteiger partial charge in [0.2, 0.25) is 5.91 Å². The van der Waals surface area contributed by atoms with Gasteiger partial charge in [0.15, 0.2) is 0 Å². The zero-order valence-corrected chi connectivity index (χ0v) is 40.4. The van der Waals surface area contributed by atoms with Crippen molar-refractivity contribution in [2.75, 3.05) is 54.0 Å². The van der Waals surface area contributed by atoms with Gasteiger partial charge in [-0.1, -0.05) is 33.8 Å². The largest absolute Gasteiger partial charge is 0.464 e. The summed E-state index contributed by atoms with van der Waals surface area (Å²) in [7, 11) is 5.50. The van der Waals surface area contributed by atoms with Gasteiger partial charge in [0, 0.05) is 97.9 Å². The van der Waals surface area contributed by atoms with E-state index >= 15 is 0 Å². The number of amides is 4. The van der Waals surface area contributed by atoms with Gasteiger partial charge in [0.05, 0.1) is 34.8 Å². The van der Waals surface area contributed by atoms with Gasteiger partial charge in [-0.05, 0) is 95.2 Å². The molecule has 4 aliphatic heterocycles. The minimum Gasteiger partial charge on any atom is -0.464 e. The number of carbonyl (C=O) groups is 4. The highest BCUT2D eigenvalue weighted by atomic mass is 32.1. The highest BCUT2D eigenvalue weighted by Crippen LogP contribution is 2.43. The van der Waals surface area contributed by atoms with Gasteiger partial charge in [0.25, 0.3) is 5.91 Å². The first-order valence-electron chi connectivity index (χ1n) is 23.4. The number of likely N-dealkylation sites (N-methyl/N-ethyl adjacent to an activating group) is 1. The average Bonchev–Trinajstić information content (AvgIpc) is 3.88. The first-order chi connectivity index (χ1) is 31.0. The SMILES string of the molecule is CCn1c(-c2cccnc2[C@H](C)OC)c2c3cc(ccc31)-c1csc(n1)C[C@H](NC(=O)[C@H](C(C)C)N(C)C(=O)N1CCC13CCN(C)CC3)C(=O)N1CCC[C@H](N1)C(=O)OCC(C)(C)C2. The molecule has 8 rings (SSSR count). The molecule has 0 saturated carbocycles. The Morgan fingerprint density at radius 3 is 2.54 bits per heavy atom. The molecule has 4 aromatic rings. The van der Waals surface area contributed by atoms with Crippen LogP contribution in [0.3, 0.4) is 0 Å². The van der Waals surface area contributed by atoms with Crippen molar-refractivity contribution in [1.29, 1.82) is 0 Å². The van der Waals surface area contributed by atoms with Crippen LogP contribution < -0.4 is 10.7 Å². The number of aryl methyl sites for hydroxylation is 1. The second-order valence-electron chi connectivity index (χ2n) is 19.8. The van der Waals surface area contributed by atoms with Crippen LogP contribution in [0.15, 0.2) is 41.9 Å². The van der Waals surface area contributed by atoms with E-state index < -0.39 is 35.4 Å². The maximum Gasteiger partial charge on any atom is 0.324 e. The molecular formula is C49H67N9O6S. The van der Waals surface area contributed by atoms with Crippen molar-refractivity contribution in [2.24, 2.45) is 11.3 Å². The number of likely N-dealkylation sites (tertiary alicyclic amines) is 2. The lowest BCUT2D eigenvalue weighted by atomic mass is 9.76. The van der Waals surface area contributed by atoms with Gasteiger partial charge in [-0.2, -0.15) is 0 Å². The van der Waals surface area contributed by atoms with E-state index in [0.29, 0.717) is 43.9 Å². The fraction of sp³-hybridized carbons (Fsp3) is 0.592. The number of hydrazine groups is 1.